The molecule has 10 heteroatoms. The summed E-state index contributed by atoms with van der Waals surface area (Å²) in [7, 11) is 1.38. The summed E-state index contributed by atoms with van der Waals surface area (Å²) < 4.78 is 0. The highest BCUT2D eigenvalue weighted by Crippen LogP contribution is 2.41. The van der Waals surface area contributed by atoms with Crippen LogP contribution in [0.15, 0.2) is 23.1 Å². The third-order valence-electron chi connectivity index (χ3n) is 3.86. The first kappa shape index (κ1) is 19.4. The van der Waals surface area contributed by atoms with Crippen LogP contribution in [0.4, 0.5) is 0 Å². The Labute approximate surface area is 150 Å². The van der Waals surface area contributed by atoms with E-state index < -0.39 is 6.04 Å². The molecule has 1 radical (unpaired) electrons. The Hall–Kier alpha value is -1.97. The van der Waals surface area contributed by atoms with Crippen molar-refractivity contribution in [2.75, 3.05) is 19.7 Å². The molecule has 0 saturated heterocycles. The van der Waals surface area contributed by atoms with Crippen molar-refractivity contribution in [3.05, 3.63) is 44.5 Å². The van der Waals surface area contributed by atoms with Gasteiger partial charge in [0.15, 0.2) is 0 Å². The van der Waals surface area contributed by atoms with Crippen LogP contribution >= 0.6 is 11.3 Å². The standard InChI is InChI=1S/C15H19BN5O3S/c1-3-6-24-19-12-7-21(16-9-22)14(10(2)23)13-11(4-5-18-20-17)8-25-15(12)13/h3,8-9,12,14,19H,1,4-7H2,2H3. The van der Waals surface area contributed by atoms with Gasteiger partial charge in [-0.15, -0.1) is 17.9 Å². The van der Waals surface area contributed by atoms with Gasteiger partial charge in [0, 0.05) is 22.9 Å². The highest BCUT2D eigenvalue weighted by atomic mass is 32.1. The first-order chi connectivity index (χ1) is 12.1. The first-order valence-corrected chi connectivity index (χ1v) is 8.66. The summed E-state index contributed by atoms with van der Waals surface area (Å²) in [4.78, 5) is 34.2. The molecule has 8 nitrogen and oxygen atoms in total. The van der Waals surface area contributed by atoms with E-state index in [0.29, 0.717) is 32.3 Å². The zero-order chi connectivity index (χ0) is 18.2. The third kappa shape index (κ3) is 4.56. The smallest absolute Gasteiger partial charge is 0.294 e. The number of carbonyl (C=O) groups excluding carboxylic acids is 2. The lowest BCUT2D eigenvalue weighted by Crippen LogP contribution is -2.46. The normalized spacial score (nSPS) is 19.6. The van der Waals surface area contributed by atoms with Crippen LogP contribution in [0.1, 0.15) is 35.0 Å². The van der Waals surface area contributed by atoms with Gasteiger partial charge < -0.3 is 9.61 Å². The third-order valence-corrected chi connectivity index (χ3v) is 5.02. The number of hydrogen-bond donors (Lipinski definition) is 1. The van der Waals surface area contributed by atoms with Crippen LogP contribution in [-0.2, 0) is 20.8 Å². The van der Waals surface area contributed by atoms with Gasteiger partial charge in [-0.25, -0.2) is 0 Å². The molecule has 2 heterocycles. The summed E-state index contributed by atoms with van der Waals surface area (Å²) in [6, 6.07) is -0.704. The number of azide groups is 1. The van der Waals surface area contributed by atoms with Crippen LogP contribution in [0.3, 0.4) is 0 Å². The summed E-state index contributed by atoms with van der Waals surface area (Å²) in [5.74, 6) is -0.0479. The number of thiophene rings is 1. The quantitative estimate of drug-likeness (QED) is 0.100. The van der Waals surface area contributed by atoms with Gasteiger partial charge in [-0.2, -0.15) is 5.48 Å². The molecule has 2 atom stereocenters. The SMILES string of the molecule is C=CCONC1CN([B]C=O)C(C(C)=O)c2c(CCN=[N+]=[N-])csc21. The number of nitrogens with zero attached hydrogens (tertiary/aromatic N) is 4. The summed E-state index contributed by atoms with van der Waals surface area (Å²) >= 11 is 1.53. The molecule has 1 aromatic rings. The van der Waals surface area contributed by atoms with E-state index in [1.54, 1.807) is 10.9 Å². The number of hydrogen-bond acceptors (Lipinski definition) is 7. The predicted octanol–water partition coefficient (Wildman–Crippen LogP) is 2.10. The molecular formula is C15H19BN5O3S. The van der Waals surface area contributed by atoms with Crippen molar-refractivity contribution >= 4 is 30.7 Å². The van der Waals surface area contributed by atoms with E-state index in [1.807, 2.05) is 5.38 Å². The summed E-state index contributed by atoms with van der Waals surface area (Å²) in [5.41, 5.74) is 13.3. The Balaban J connectivity index is 2.38. The molecule has 1 aromatic heterocycles. The van der Waals surface area contributed by atoms with Crippen molar-refractivity contribution in [2.45, 2.75) is 25.4 Å². The molecule has 0 spiro atoms. The highest BCUT2D eigenvalue weighted by molar-refractivity contribution is 7.10. The fraction of sp³-hybridized carbons (Fsp3) is 0.467. The molecule has 2 rings (SSSR count). The van der Waals surface area contributed by atoms with Gasteiger partial charge >= 0.3 is 0 Å². The maximum atomic E-state index is 12.3. The Morgan fingerprint density at radius 3 is 3.16 bits per heavy atom. The van der Waals surface area contributed by atoms with E-state index in [0.717, 1.165) is 16.0 Å². The number of fused-ring (bicyclic) bond motifs is 1. The first-order valence-electron chi connectivity index (χ1n) is 7.78. The van der Waals surface area contributed by atoms with Crippen LogP contribution < -0.4 is 5.48 Å². The van der Waals surface area contributed by atoms with Gasteiger partial charge in [0.1, 0.15) is 5.78 Å². The van der Waals surface area contributed by atoms with E-state index in [1.165, 1.54) is 25.7 Å². The van der Waals surface area contributed by atoms with Crippen LogP contribution in [0.2, 0.25) is 0 Å². The Bertz CT molecular complexity index is 689. The lowest BCUT2D eigenvalue weighted by molar-refractivity contribution is -0.121. The maximum Gasteiger partial charge on any atom is 0.294 e. The molecule has 0 aromatic carbocycles. The fourth-order valence-corrected chi connectivity index (χ4v) is 4.10. The number of ketones is 1. The van der Waals surface area contributed by atoms with E-state index in [2.05, 4.69) is 22.1 Å². The molecule has 0 amide bonds. The van der Waals surface area contributed by atoms with Crippen molar-refractivity contribution in [1.29, 1.82) is 0 Å². The molecule has 1 aliphatic heterocycles. The lowest BCUT2D eigenvalue weighted by Gasteiger charge is -2.38. The predicted molar refractivity (Wildman–Crippen MR) is 96.7 cm³/mol. The summed E-state index contributed by atoms with van der Waals surface area (Å²) in [6.07, 6.45) is 2.84. The second kappa shape index (κ2) is 9.50. The zero-order valence-electron chi connectivity index (χ0n) is 13.9. The molecule has 0 bridgehead atoms. The molecular weight excluding hydrogens is 341 g/mol. The van der Waals surface area contributed by atoms with Crippen LogP contribution in [0, 0.1) is 0 Å². The molecule has 1 aliphatic rings. The average Bonchev–Trinajstić information content (AvgIpc) is 2.99. The Morgan fingerprint density at radius 2 is 2.52 bits per heavy atom. The largest absolute Gasteiger partial charge is 0.325 e. The van der Waals surface area contributed by atoms with Crippen molar-refractivity contribution in [3.63, 3.8) is 0 Å². The van der Waals surface area contributed by atoms with Crippen LogP contribution in [0.5, 0.6) is 0 Å². The summed E-state index contributed by atoms with van der Waals surface area (Å²) in [5, 5.41) is 5.54. The number of carbonyl (C=O) groups is 2. The lowest BCUT2D eigenvalue weighted by atomic mass is 9.81. The maximum absolute atomic E-state index is 12.3. The van der Waals surface area contributed by atoms with Gasteiger partial charge in [-0.05, 0) is 35.4 Å². The van der Waals surface area contributed by atoms with Crippen molar-refractivity contribution in [3.8, 4) is 0 Å². The summed E-state index contributed by atoms with van der Waals surface area (Å²) in [6.45, 7) is 6.20. The van der Waals surface area contributed by atoms with E-state index in [4.69, 9.17) is 10.4 Å². The average molecular weight is 360 g/mol. The highest BCUT2D eigenvalue weighted by Gasteiger charge is 2.38. The molecule has 0 fully saturated rings. The number of Topliss-reactive ketones (excluding diaryl/α,β-unsaturated/α-hetero) is 1. The molecule has 2 unspecified atom stereocenters. The van der Waals surface area contributed by atoms with Crippen LogP contribution in [0.25, 0.3) is 10.4 Å². The Kier molecular flexibility index (Phi) is 7.36. The fourth-order valence-electron chi connectivity index (χ4n) is 2.93. The number of rotatable bonds is 10. The number of nitrogens with one attached hydrogen (secondary N) is 1. The topological polar surface area (TPSA) is 107 Å². The number of hydroxylamine groups is 1. The molecule has 1 N–H and O–H groups in total. The van der Waals surface area contributed by atoms with Gasteiger partial charge in [-0.1, -0.05) is 11.2 Å². The van der Waals surface area contributed by atoms with Gasteiger partial charge in [0.25, 0.3) is 7.41 Å². The van der Waals surface area contributed by atoms with Crippen molar-refractivity contribution in [2.24, 2.45) is 5.11 Å². The Morgan fingerprint density at radius 1 is 1.72 bits per heavy atom. The van der Waals surface area contributed by atoms with Crippen LogP contribution in [-0.4, -0.2) is 43.9 Å². The molecule has 25 heavy (non-hydrogen) atoms. The van der Waals surface area contributed by atoms with Crippen molar-refractivity contribution in [1.82, 2.24) is 10.3 Å². The second-order valence-corrected chi connectivity index (χ2v) is 6.42. The van der Waals surface area contributed by atoms with E-state index >= 15 is 0 Å². The molecule has 0 aliphatic carbocycles. The molecule has 0 saturated carbocycles. The van der Waals surface area contributed by atoms with Gasteiger partial charge in [0.2, 0.25) is 0 Å². The van der Waals surface area contributed by atoms with E-state index in [-0.39, 0.29) is 11.8 Å². The van der Waals surface area contributed by atoms with Gasteiger partial charge in [-0.3, -0.25) is 9.63 Å². The van der Waals surface area contributed by atoms with Crippen molar-refractivity contribution < 1.29 is 14.4 Å². The minimum absolute atomic E-state index is 0.0479. The van der Waals surface area contributed by atoms with E-state index in [9.17, 15) is 9.59 Å². The second-order valence-electron chi connectivity index (χ2n) is 5.51. The monoisotopic (exact) mass is 360 g/mol. The van der Waals surface area contributed by atoms with Gasteiger partial charge in [0.05, 0.1) is 24.9 Å². The minimum atomic E-state index is -0.523. The zero-order valence-corrected chi connectivity index (χ0v) is 14.7. The molecule has 131 valence electrons. The minimum Gasteiger partial charge on any atom is -0.325 e.